The summed E-state index contributed by atoms with van der Waals surface area (Å²) in [5.41, 5.74) is 3.11. The highest BCUT2D eigenvalue weighted by Gasteiger charge is 2.31. The quantitative estimate of drug-likeness (QED) is 0.863. The number of rotatable bonds is 3. The summed E-state index contributed by atoms with van der Waals surface area (Å²) in [7, 11) is 0. The highest BCUT2D eigenvalue weighted by Crippen LogP contribution is 2.31. The second-order valence-corrected chi connectivity index (χ2v) is 5.65. The number of amides is 1. The average Bonchev–Trinajstić information content (AvgIpc) is 3.03. The highest BCUT2D eigenvalue weighted by atomic mass is 16.6. The molecule has 1 fully saturated rings. The fourth-order valence-electron chi connectivity index (χ4n) is 2.84. The van der Waals surface area contributed by atoms with Crippen LogP contribution in [0.1, 0.15) is 35.7 Å². The molecule has 1 aromatic heterocycles. The Morgan fingerprint density at radius 1 is 1.32 bits per heavy atom. The van der Waals surface area contributed by atoms with Gasteiger partial charge in [0.1, 0.15) is 6.61 Å². The van der Waals surface area contributed by atoms with Gasteiger partial charge in [-0.15, -0.1) is 0 Å². The molecule has 0 spiro atoms. The number of benzene rings is 1. The van der Waals surface area contributed by atoms with Crippen molar-refractivity contribution in [1.29, 1.82) is 0 Å². The van der Waals surface area contributed by atoms with E-state index in [0.29, 0.717) is 6.61 Å². The predicted molar refractivity (Wildman–Crippen MR) is 84.3 cm³/mol. The normalized spacial score (nSPS) is 17.5. The van der Waals surface area contributed by atoms with E-state index in [-0.39, 0.29) is 12.1 Å². The zero-order valence-electron chi connectivity index (χ0n) is 12.7. The zero-order valence-corrected chi connectivity index (χ0v) is 12.7. The largest absolute Gasteiger partial charge is 0.445 e. The first-order valence-electron chi connectivity index (χ1n) is 7.64. The van der Waals surface area contributed by atoms with Crippen LogP contribution >= 0.6 is 0 Å². The molecule has 0 aliphatic carbocycles. The van der Waals surface area contributed by atoms with E-state index in [1.807, 2.05) is 49.4 Å². The van der Waals surface area contributed by atoms with Gasteiger partial charge in [-0.1, -0.05) is 30.3 Å². The molecular weight excluding hydrogens is 276 g/mol. The van der Waals surface area contributed by atoms with Crippen molar-refractivity contribution in [2.75, 3.05) is 6.54 Å². The molecular formula is C18H20N2O2. The number of likely N-dealkylation sites (tertiary alicyclic amines) is 1. The summed E-state index contributed by atoms with van der Waals surface area (Å²) in [5, 5.41) is 0. The molecule has 0 radical (unpaired) electrons. The van der Waals surface area contributed by atoms with Gasteiger partial charge in [0.25, 0.3) is 0 Å². The van der Waals surface area contributed by atoms with Gasteiger partial charge in [-0.3, -0.25) is 9.88 Å². The van der Waals surface area contributed by atoms with E-state index in [2.05, 4.69) is 4.98 Å². The summed E-state index contributed by atoms with van der Waals surface area (Å²) < 4.78 is 5.45. The second-order valence-electron chi connectivity index (χ2n) is 5.65. The van der Waals surface area contributed by atoms with Crippen LogP contribution in [0.3, 0.4) is 0 Å². The number of pyridine rings is 1. The molecule has 1 atom stereocenters. The Kier molecular flexibility index (Phi) is 4.37. The molecule has 3 rings (SSSR count). The first-order chi connectivity index (χ1) is 10.7. The van der Waals surface area contributed by atoms with Gasteiger partial charge < -0.3 is 4.74 Å². The monoisotopic (exact) mass is 296 g/mol. The molecule has 2 heterocycles. The van der Waals surface area contributed by atoms with Crippen LogP contribution in [0, 0.1) is 6.92 Å². The Morgan fingerprint density at radius 3 is 2.91 bits per heavy atom. The number of aromatic nitrogens is 1. The van der Waals surface area contributed by atoms with Crippen LogP contribution in [-0.4, -0.2) is 22.5 Å². The van der Waals surface area contributed by atoms with E-state index in [9.17, 15) is 4.79 Å². The van der Waals surface area contributed by atoms with E-state index < -0.39 is 0 Å². The lowest BCUT2D eigenvalue weighted by Crippen LogP contribution is -2.31. The number of hydrogen-bond acceptors (Lipinski definition) is 3. The predicted octanol–water partition coefficient (Wildman–Crippen LogP) is 3.86. The van der Waals surface area contributed by atoms with Gasteiger partial charge in [0.05, 0.1) is 11.7 Å². The molecule has 4 heteroatoms. The van der Waals surface area contributed by atoms with E-state index in [0.717, 1.165) is 36.2 Å². The third-order valence-electron chi connectivity index (χ3n) is 3.97. The number of carbonyl (C=O) groups excluding carboxylic acids is 1. The fraction of sp³-hybridized carbons (Fsp3) is 0.333. The van der Waals surface area contributed by atoms with Crippen LogP contribution in [0.15, 0.2) is 48.7 Å². The molecule has 114 valence electrons. The summed E-state index contributed by atoms with van der Waals surface area (Å²) in [6.07, 6.45) is 3.48. The summed E-state index contributed by atoms with van der Waals surface area (Å²) in [4.78, 5) is 18.6. The fourth-order valence-corrected chi connectivity index (χ4v) is 2.84. The molecule has 1 unspecified atom stereocenters. The average molecular weight is 296 g/mol. The SMILES string of the molecule is Cc1ccnc(C2CCCN2C(=O)OCc2ccccc2)c1. The summed E-state index contributed by atoms with van der Waals surface area (Å²) in [5.74, 6) is 0. The van der Waals surface area contributed by atoms with Gasteiger partial charge in [0, 0.05) is 12.7 Å². The van der Waals surface area contributed by atoms with Gasteiger partial charge in [-0.25, -0.2) is 4.79 Å². The summed E-state index contributed by atoms with van der Waals surface area (Å²) in [6.45, 7) is 3.08. The van der Waals surface area contributed by atoms with Crippen molar-refractivity contribution in [3.63, 3.8) is 0 Å². The first kappa shape index (κ1) is 14.6. The van der Waals surface area contributed by atoms with Gasteiger partial charge in [0.15, 0.2) is 0 Å². The maximum Gasteiger partial charge on any atom is 0.410 e. The number of ether oxygens (including phenoxy) is 1. The number of hydrogen-bond donors (Lipinski definition) is 0. The van der Waals surface area contributed by atoms with Gasteiger partial charge >= 0.3 is 6.09 Å². The maximum absolute atomic E-state index is 12.4. The topological polar surface area (TPSA) is 42.4 Å². The van der Waals surface area contributed by atoms with Gasteiger partial charge in [-0.05, 0) is 43.0 Å². The molecule has 0 bridgehead atoms. The molecule has 0 saturated carbocycles. The van der Waals surface area contributed by atoms with Crippen LogP contribution in [-0.2, 0) is 11.3 Å². The van der Waals surface area contributed by atoms with Crippen molar-refractivity contribution >= 4 is 6.09 Å². The third kappa shape index (κ3) is 3.27. The molecule has 1 aliphatic heterocycles. The Hall–Kier alpha value is -2.36. The van der Waals surface area contributed by atoms with E-state index in [1.54, 1.807) is 11.1 Å². The van der Waals surface area contributed by atoms with Crippen molar-refractivity contribution in [2.45, 2.75) is 32.4 Å². The molecule has 1 aromatic carbocycles. The van der Waals surface area contributed by atoms with Crippen molar-refractivity contribution in [3.8, 4) is 0 Å². The van der Waals surface area contributed by atoms with Gasteiger partial charge in [0.2, 0.25) is 0 Å². The number of nitrogens with zero attached hydrogens (tertiary/aromatic N) is 2. The van der Waals surface area contributed by atoms with Gasteiger partial charge in [-0.2, -0.15) is 0 Å². The van der Waals surface area contributed by atoms with E-state index in [1.165, 1.54) is 0 Å². The minimum atomic E-state index is -0.255. The van der Waals surface area contributed by atoms with Crippen LogP contribution < -0.4 is 0 Å². The minimum Gasteiger partial charge on any atom is -0.445 e. The van der Waals surface area contributed by atoms with Crippen molar-refractivity contribution in [1.82, 2.24) is 9.88 Å². The van der Waals surface area contributed by atoms with E-state index in [4.69, 9.17) is 4.74 Å². The van der Waals surface area contributed by atoms with E-state index >= 15 is 0 Å². The van der Waals surface area contributed by atoms with Crippen molar-refractivity contribution in [2.24, 2.45) is 0 Å². The summed E-state index contributed by atoms with van der Waals surface area (Å²) >= 11 is 0. The molecule has 4 nitrogen and oxygen atoms in total. The first-order valence-corrected chi connectivity index (χ1v) is 7.64. The van der Waals surface area contributed by atoms with Crippen molar-refractivity contribution in [3.05, 3.63) is 65.5 Å². The van der Waals surface area contributed by atoms with Crippen LogP contribution in [0.4, 0.5) is 4.79 Å². The van der Waals surface area contributed by atoms with Crippen LogP contribution in [0.25, 0.3) is 0 Å². The lowest BCUT2D eigenvalue weighted by Gasteiger charge is -2.23. The molecule has 22 heavy (non-hydrogen) atoms. The third-order valence-corrected chi connectivity index (χ3v) is 3.97. The molecule has 2 aromatic rings. The Balaban J connectivity index is 1.66. The summed E-state index contributed by atoms with van der Waals surface area (Å²) in [6, 6.07) is 13.8. The second kappa shape index (κ2) is 6.60. The molecule has 1 amide bonds. The lowest BCUT2D eigenvalue weighted by atomic mass is 10.1. The number of carbonyl (C=O) groups is 1. The molecule has 1 saturated heterocycles. The molecule has 1 aliphatic rings. The number of aryl methyl sites for hydroxylation is 1. The molecule has 0 N–H and O–H groups in total. The maximum atomic E-state index is 12.4. The Morgan fingerprint density at radius 2 is 2.14 bits per heavy atom. The highest BCUT2D eigenvalue weighted by molar-refractivity contribution is 5.68. The van der Waals surface area contributed by atoms with Crippen LogP contribution in [0.5, 0.6) is 0 Å². The Bertz CT molecular complexity index is 643. The zero-order chi connectivity index (χ0) is 15.4. The Labute approximate surface area is 130 Å². The minimum absolute atomic E-state index is 0.0307. The van der Waals surface area contributed by atoms with Crippen LogP contribution in [0.2, 0.25) is 0 Å². The smallest absolute Gasteiger partial charge is 0.410 e. The lowest BCUT2D eigenvalue weighted by molar-refractivity contribution is 0.0915. The van der Waals surface area contributed by atoms with Crippen molar-refractivity contribution < 1.29 is 9.53 Å². The standard InChI is InChI=1S/C18H20N2O2/c1-14-9-10-19-16(12-14)17-8-5-11-20(17)18(21)22-13-15-6-3-2-4-7-15/h2-4,6-7,9-10,12,17H,5,8,11,13H2,1H3.